The molecule has 3 aliphatic heterocycles. The van der Waals surface area contributed by atoms with Crippen LogP contribution in [0.4, 0.5) is 16.0 Å². The second-order valence-electron chi connectivity index (χ2n) is 12.8. The van der Waals surface area contributed by atoms with E-state index in [1.807, 2.05) is 19.9 Å². The van der Waals surface area contributed by atoms with E-state index in [1.165, 1.54) is 24.5 Å². The van der Waals surface area contributed by atoms with Crippen LogP contribution in [0.5, 0.6) is 23.3 Å². The zero-order chi connectivity index (χ0) is 32.3. The van der Waals surface area contributed by atoms with Crippen LogP contribution >= 0.6 is 0 Å². The highest BCUT2D eigenvalue weighted by Gasteiger charge is 2.46. The van der Waals surface area contributed by atoms with E-state index in [-0.39, 0.29) is 28.6 Å². The monoisotopic (exact) mass is 635 g/mol. The topological polar surface area (TPSA) is 131 Å². The molecule has 0 aliphatic carbocycles. The summed E-state index contributed by atoms with van der Waals surface area (Å²) in [4.78, 5) is 24.3. The van der Waals surface area contributed by atoms with Gasteiger partial charge in [-0.2, -0.15) is 0 Å². The molecular formula is C32H42FN9O4. The van der Waals surface area contributed by atoms with Crippen molar-refractivity contribution < 1.29 is 23.4 Å². The Morgan fingerprint density at radius 3 is 2.43 bits per heavy atom. The van der Waals surface area contributed by atoms with E-state index < -0.39 is 11.7 Å². The number of anilines is 2. The minimum atomic E-state index is -0.523. The lowest BCUT2D eigenvalue weighted by Crippen LogP contribution is -2.61. The second kappa shape index (κ2) is 13.6. The Morgan fingerprint density at radius 1 is 0.978 bits per heavy atom. The Morgan fingerprint density at radius 2 is 1.74 bits per heavy atom. The predicted octanol–water partition coefficient (Wildman–Crippen LogP) is 3.57. The molecule has 13 nitrogen and oxygen atoms in total. The van der Waals surface area contributed by atoms with Gasteiger partial charge in [0.05, 0.1) is 19.8 Å². The maximum absolute atomic E-state index is 14.0. The molecule has 0 bridgehead atoms. The number of hydrogen-bond acceptors (Lipinski definition) is 12. The molecule has 1 N–H and O–H groups in total. The van der Waals surface area contributed by atoms with Crippen molar-refractivity contribution in [1.82, 2.24) is 35.6 Å². The first-order valence-corrected chi connectivity index (χ1v) is 15.9. The minimum Gasteiger partial charge on any atom is -0.491 e. The van der Waals surface area contributed by atoms with Gasteiger partial charge in [0.15, 0.2) is 17.4 Å². The highest BCUT2D eigenvalue weighted by Crippen LogP contribution is 2.44. The first-order chi connectivity index (χ1) is 22.3. The van der Waals surface area contributed by atoms with Crippen molar-refractivity contribution in [2.75, 3.05) is 69.8 Å². The maximum atomic E-state index is 14.0. The average molecular weight is 636 g/mol. The summed E-state index contributed by atoms with van der Waals surface area (Å²) in [5.41, 5.74) is 0.324. The summed E-state index contributed by atoms with van der Waals surface area (Å²) in [5, 5.41) is 19.4. The molecule has 1 amide bonds. The average Bonchev–Trinajstić information content (AvgIpc) is 3.05. The Kier molecular flexibility index (Phi) is 9.34. The van der Waals surface area contributed by atoms with E-state index in [9.17, 15) is 9.18 Å². The van der Waals surface area contributed by atoms with Crippen molar-refractivity contribution in [1.29, 1.82) is 0 Å². The Labute approximate surface area is 268 Å². The number of halogens is 1. The van der Waals surface area contributed by atoms with E-state index in [2.05, 4.69) is 45.4 Å². The van der Waals surface area contributed by atoms with Gasteiger partial charge in [0.1, 0.15) is 17.9 Å². The molecule has 3 aliphatic rings. The highest BCUT2D eigenvalue weighted by atomic mass is 19.1. The van der Waals surface area contributed by atoms with E-state index in [0.29, 0.717) is 23.4 Å². The summed E-state index contributed by atoms with van der Waals surface area (Å²) in [5.74, 6) is 2.51. The Bertz CT molecular complexity index is 1520. The highest BCUT2D eigenvalue weighted by molar-refractivity contribution is 5.97. The fraction of sp³-hybridized carbons (Fsp3) is 0.562. The molecule has 0 atom stereocenters. The van der Waals surface area contributed by atoms with Gasteiger partial charge in [-0.05, 0) is 76.7 Å². The van der Waals surface area contributed by atoms with Crippen molar-refractivity contribution >= 4 is 17.5 Å². The van der Waals surface area contributed by atoms with Gasteiger partial charge in [-0.25, -0.2) is 9.37 Å². The van der Waals surface area contributed by atoms with Crippen LogP contribution in [0.3, 0.4) is 0 Å². The van der Waals surface area contributed by atoms with Gasteiger partial charge in [-0.1, -0.05) is 0 Å². The number of amides is 1. The number of ether oxygens (including phenoxy) is 3. The number of methoxy groups -OCH3 is 2. The molecule has 3 saturated heterocycles. The number of benzene rings is 1. The number of nitrogens with zero attached hydrogens (tertiary/aromatic N) is 8. The van der Waals surface area contributed by atoms with Crippen LogP contribution in [0.2, 0.25) is 0 Å². The molecule has 14 heteroatoms. The summed E-state index contributed by atoms with van der Waals surface area (Å²) in [6.07, 6.45) is 5.87. The number of hydrogen-bond donors (Lipinski definition) is 1. The summed E-state index contributed by atoms with van der Waals surface area (Å²) in [7, 11) is 3.17. The van der Waals surface area contributed by atoms with Crippen LogP contribution in [-0.2, 0) is 0 Å². The van der Waals surface area contributed by atoms with Crippen LogP contribution in [0, 0.1) is 17.2 Å². The van der Waals surface area contributed by atoms with Crippen molar-refractivity contribution in [3.63, 3.8) is 0 Å². The number of piperidine rings is 2. The summed E-state index contributed by atoms with van der Waals surface area (Å²) in [6.45, 7) is 10.5. The Hall–Kier alpha value is -4.33. The number of rotatable bonds is 10. The van der Waals surface area contributed by atoms with Gasteiger partial charge in [0, 0.05) is 50.2 Å². The Balaban J connectivity index is 1.00. The van der Waals surface area contributed by atoms with E-state index in [0.717, 1.165) is 77.3 Å². The molecule has 5 heterocycles. The van der Waals surface area contributed by atoms with Gasteiger partial charge in [-0.3, -0.25) is 4.79 Å². The van der Waals surface area contributed by atoms with Crippen LogP contribution in [0.1, 0.15) is 49.9 Å². The van der Waals surface area contributed by atoms with Gasteiger partial charge < -0.3 is 34.2 Å². The predicted molar refractivity (Wildman–Crippen MR) is 169 cm³/mol. The van der Waals surface area contributed by atoms with Crippen LogP contribution < -0.4 is 29.3 Å². The third-order valence-electron chi connectivity index (χ3n) is 9.24. The minimum absolute atomic E-state index is 0.0954. The normalized spacial score (nSPS) is 18.4. The van der Waals surface area contributed by atoms with Crippen LogP contribution in [0.15, 0.2) is 30.6 Å². The number of aromatic nitrogens is 5. The molecule has 3 fully saturated rings. The molecule has 0 radical (unpaired) electrons. The molecule has 1 spiro atoms. The molecule has 1 aromatic carbocycles. The van der Waals surface area contributed by atoms with Crippen molar-refractivity contribution in [3.05, 3.63) is 42.0 Å². The molecular weight excluding hydrogens is 593 g/mol. The summed E-state index contributed by atoms with van der Waals surface area (Å²) in [6, 6.07) is 5.65. The molecule has 0 saturated carbocycles. The van der Waals surface area contributed by atoms with E-state index in [1.54, 1.807) is 14.2 Å². The molecule has 6 rings (SSSR count). The first-order valence-electron chi connectivity index (χ1n) is 15.9. The fourth-order valence-corrected chi connectivity index (χ4v) is 6.70. The van der Waals surface area contributed by atoms with Gasteiger partial charge in [0.25, 0.3) is 17.7 Å². The SMILES string of the molecule is COc1cc(N2CCC(CN3CCC4(CC3)CN(c3ncnnc3Oc3ccc(F)cc3C(=O)NC(C)C)C4)CC2)nnc1OC. The fourth-order valence-electron chi connectivity index (χ4n) is 6.70. The van der Waals surface area contributed by atoms with Gasteiger partial charge >= 0.3 is 0 Å². The molecule has 3 aromatic rings. The van der Waals surface area contributed by atoms with Crippen LogP contribution in [-0.4, -0.2) is 102 Å². The molecule has 0 unspecified atom stereocenters. The molecule has 46 heavy (non-hydrogen) atoms. The number of carbonyl (C=O) groups excluding carboxylic acids is 1. The molecule has 246 valence electrons. The zero-order valence-corrected chi connectivity index (χ0v) is 26.9. The largest absolute Gasteiger partial charge is 0.491 e. The first kappa shape index (κ1) is 31.6. The third kappa shape index (κ3) is 6.91. The van der Waals surface area contributed by atoms with Crippen molar-refractivity contribution in [2.24, 2.45) is 11.3 Å². The summed E-state index contributed by atoms with van der Waals surface area (Å²) >= 11 is 0. The smallest absolute Gasteiger partial charge is 0.282 e. The standard InChI is InChI=1S/C32H42FN9O4/c1-21(2)36-29(43)24-15-23(33)5-6-25(24)46-31-28(34-20-35-38-31)42-18-32(19-42)9-13-40(14-10-32)17-22-7-11-41(12-8-22)27-16-26(44-3)30(45-4)39-37-27/h5-6,15-16,20-22H,7-14,17-19H2,1-4H3,(H,36,43). The van der Waals surface area contributed by atoms with E-state index in [4.69, 9.17) is 14.2 Å². The van der Waals surface area contributed by atoms with Crippen molar-refractivity contribution in [3.8, 4) is 23.3 Å². The van der Waals surface area contributed by atoms with Crippen molar-refractivity contribution in [2.45, 2.75) is 45.6 Å². The maximum Gasteiger partial charge on any atom is 0.282 e. The quantitative estimate of drug-likeness (QED) is 0.350. The number of carbonyl (C=O) groups is 1. The third-order valence-corrected chi connectivity index (χ3v) is 9.24. The van der Waals surface area contributed by atoms with Gasteiger partial charge in [-0.15, -0.1) is 20.4 Å². The van der Waals surface area contributed by atoms with Gasteiger partial charge in [0.2, 0.25) is 0 Å². The second-order valence-corrected chi connectivity index (χ2v) is 12.8. The lowest BCUT2D eigenvalue weighted by atomic mass is 9.72. The van der Waals surface area contributed by atoms with Crippen LogP contribution in [0.25, 0.3) is 0 Å². The number of likely N-dealkylation sites (tertiary alicyclic amines) is 1. The summed E-state index contributed by atoms with van der Waals surface area (Å²) < 4.78 is 30.7. The lowest BCUT2D eigenvalue weighted by molar-refractivity contribution is 0.0640. The van der Waals surface area contributed by atoms with E-state index >= 15 is 0 Å². The lowest BCUT2D eigenvalue weighted by Gasteiger charge is -2.54. The number of nitrogens with one attached hydrogen (secondary N) is 1. The molecule has 2 aromatic heterocycles. The zero-order valence-electron chi connectivity index (χ0n) is 26.9.